The minimum absolute atomic E-state index is 0.116. The lowest BCUT2D eigenvalue weighted by Crippen LogP contribution is -2.22. The number of aliphatic hydroxyl groups is 2. The Morgan fingerprint density at radius 2 is 1.48 bits per heavy atom. The normalized spacial score (nSPS) is 14.7. The molecule has 0 amide bonds. The van der Waals surface area contributed by atoms with Gasteiger partial charge in [-0.2, -0.15) is 0 Å². The van der Waals surface area contributed by atoms with Crippen molar-refractivity contribution in [3.63, 3.8) is 0 Å². The van der Waals surface area contributed by atoms with E-state index in [1.807, 2.05) is 12.1 Å². The fraction of sp³-hybridized carbons (Fsp3) is 0.682. The lowest BCUT2D eigenvalue weighted by molar-refractivity contribution is -0.143. The summed E-state index contributed by atoms with van der Waals surface area (Å²) in [4.78, 5) is 11.2. The number of aryl methyl sites for hydroxylation is 1. The van der Waals surface area contributed by atoms with E-state index in [1.165, 1.54) is 7.11 Å². The van der Waals surface area contributed by atoms with Crippen molar-refractivity contribution in [1.82, 2.24) is 0 Å². The zero-order valence-corrected chi connectivity index (χ0v) is 17.8. The maximum Gasteiger partial charge on any atom is 0.308 e. The summed E-state index contributed by atoms with van der Waals surface area (Å²) in [5.74, 6) is -0.148. The van der Waals surface area contributed by atoms with E-state index in [9.17, 15) is 20.1 Å². The minimum Gasteiger partial charge on any atom is -0.507 e. The van der Waals surface area contributed by atoms with Gasteiger partial charge in [0.05, 0.1) is 25.7 Å². The fourth-order valence-corrected chi connectivity index (χ4v) is 3.11. The van der Waals surface area contributed by atoms with Crippen LogP contribution in [0.2, 0.25) is 0 Å². The molecule has 0 radical (unpaired) electrons. The second kappa shape index (κ2) is 9.07. The van der Waals surface area contributed by atoms with Gasteiger partial charge in [-0.1, -0.05) is 53.7 Å². The van der Waals surface area contributed by atoms with Gasteiger partial charge in [-0.25, -0.2) is 0 Å². The summed E-state index contributed by atoms with van der Waals surface area (Å²) < 4.78 is 4.53. The molecule has 1 rings (SSSR count). The lowest BCUT2D eigenvalue weighted by Gasteiger charge is -2.28. The first-order chi connectivity index (χ1) is 12.3. The largest absolute Gasteiger partial charge is 0.507 e. The summed E-state index contributed by atoms with van der Waals surface area (Å²) in [7, 11) is 1.27. The summed E-state index contributed by atoms with van der Waals surface area (Å²) in [5, 5.41) is 30.8. The number of phenolic OH excluding ortho intramolecular Hbond substituents is 1. The van der Waals surface area contributed by atoms with Gasteiger partial charge in [-0.05, 0) is 46.8 Å². The van der Waals surface area contributed by atoms with E-state index >= 15 is 0 Å². The van der Waals surface area contributed by atoms with Crippen molar-refractivity contribution >= 4 is 5.97 Å². The SMILES string of the molecule is COC(=O)C[C@H](O)C[C@H](O)CCc1cc(C(C)(C)C)c(O)c(C(C)(C)C)c1. The molecule has 0 aliphatic rings. The number of esters is 1. The number of aliphatic hydroxyl groups excluding tert-OH is 2. The van der Waals surface area contributed by atoms with Crippen LogP contribution >= 0.6 is 0 Å². The molecule has 2 atom stereocenters. The van der Waals surface area contributed by atoms with Gasteiger partial charge >= 0.3 is 5.97 Å². The Morgan fingerprint density at radius 3 is 1.89 bits per heavy atom. The predicted molar refractivity (Wildman–Crippen MR) is 107 cm³/mol. The van der Waals surface area contributed by atoms with E-state index in [1.54, 1.807) is 0 Å². The Labute approximate surface area is 163 Å². The van der Waals surface area contributed by atoms with Gasteiger partial charge in [0.25, 0.3) is 0 Å². The highest BCUT2D eigenvalue weighted by Crippen LogP contribution is 2.40. The van der Waals surface area contributed by atoms with Crippen molar-refractivity contribution in [2.75, 3.05) is 7.11 Å². The first kappa shape index (κ1) is 23.4. The average Bonchev–Trinajstić information content (AvgIpc) is 2.51. The van der Waals surface area contributed by atoms with E-state index in [2.05, 4.69) is 46.3 Å². The molecule has 0 saturated carbocycles. The third-order valence-electron chi connectivity index (χ3n) is 4.73. The van der Waals surface area contributed by atoms with Crippen LogP contribution in [-0.4, -0.2) is 40.6 Å². The Hall–Kier alpha value is -1.59. The van der Waals surface area contributed by atoms with Gasteiger partial charge in [0.1, 0.15) is 5.75 Å². The summed E-state index contributed by atoms with van der Waals surface area (Å²) in [6.45, 7) is 12.4. The number of methoxy groups -OCH3 is 1. The van der Waals surface area contributed by atoms with Gasteiger partial charge in [0, 0.05) is 0 Å². The highest BCUT2D eigenvalue weighted by Gasteiger charge is 2.26. The second-order valence-corrected chi connectivity index (χ2v) is 9.40. The molecular formula is C22H36O5. The van der Waals surface area contributed by atoms with Crippen molar-refractivity contribution in [3.8, 4) is 5.75 Å². The van der Waals surface area contributed by atoms with Crippen LogP contribution < -0.4 is 0 Å². The molecular weight excluding hydrogens is 344 g/mol. The number of carbonyl (C=O) groups excluding carboxylic acids is 1. The van der Waals surface area contributed by atoms with Crippen LogP contribution in [0.4, 0.5) is 0 Å². The summed E-state index contributed by atoms with van der Waals surface area (Å²) in [5.41, 5.74) is 2.43. The number of hydrogen-bond donors (Lipinski definition) is 3. The van der Waals surface area contributed by atoms with Gasteiger partial charge in [0.2, 0.25) is 0 Å². The summed E-state index contributed by atoms with van der Waals surface area (Å²) in [6, 6.07) is 4.00. The molecule has 5 heteroatoms. The van der Waals surface area contributed by atoms with Gasteiger partial charge in [-0.3, -0.25) is 4.79 Å². The maximum atomic E-state index is 11.2. The Balaban J connectivity index is 2.93. The topological polar surface area (TPSA) is 87.0 Å². The molecule has 0 fully saturated rings. The molecule has 0 spiro atoms. The number of phenols is 1. The summed E-state index contributed by atoms with van der Waals surface area (Å²) >= 11 is 0. The number of benzene rings is 1. The number of hydrogen-bond acceptors (Lipinski definition) is 5. The molecule has 1 aromatic rings. The first-order valence-corrected chi connectivity index (χ1v) is 9.55. The zero-order chi connectivity index (χ0) is 21.0. The molecule has 0 aromatic heterocycles. The van der Waals surface area contributed by atoms with Crippen LogP contribution in [0.1, 0.15) is 77.5 Å². The third kappa shape index (κ3) is 7.15. The Bertz CT molecular complexity index is 602. The van der Waals surface area contributed by atoms with Crippen LogP contribution in [0, 0.1) is 0 Å². The van der Waals surface area contributed by atoms with E-state index in [4.69, 9.17) is 0 Å². The van der Waals surface area contributed by atoms with Gasteiger partial charge in [-0.15, -0.1) is 0 Å². The maximum absolute atomic E-state index is 11.2. The van der Waals surface area contributed by atoms with Crippen molar-refractivity contribution in [3.05, 3.63) is 28.8 Å². The van der Waals surface area contributed by atoms with Gasteiger partial charge in [0.15, 0.2) is 0 Å². The van der Waals surface area contributed by atoms with Crippen LogP contribution in [0.3, 0.4) is 0 Å². The monoisotopic (exact) mass is 380 g/mol. The molecule has 0 bridgehead atoms. The molecule has 3 N–H and O–H groups in total. The predicted octanol–water partition coefficient (Wildman–Crippen LogP) is 3.59. The number of carbonyl (C=O) groups is 1. The number of ether oxygens (including phenoxy) is 1. The number of rotatable bonds is 7. The van der Waals surface area contributed by atoms with E-state index in [0.717, 1.165) is 16.7 Å². The van der Waals surface area contributed by atoms with Crippen molar-refractivity contribution in [1.29, 1.82) is 0 Å². The average molecular weight is 381 g/mol. The quantitative estimate of drug-likeness (QED) is 0.629. The molecule has 0 aliphatic carbocycles. The van der Waals surface area contributed by atoms with Crippen molar-refractivity contribution < 1.29 is 24.9 Å². The Morgan fingerprint density at radius 1 is 1.00 bits per heavy atom. The van der Waals surface area contributed by atoms with Crippen LogP contribution in [0.15, 0.2) is 12.1 Å². The molecule has 0 saturated heterocycles. The van der Waals surface area contributed by atoms with Crippen molar-refractivity contribution in [2.45, 2.75) is 90.3 Å². The molecule has 0 heterocycles. The fourth-order valence-electron chi connectivity index (χ4n) is 3.11. The third-order valence-corrected chi connectivity index (χ3v) is 4.73. The molecule has 27 heavy (non-hydrogen) atoms. The lowest BCUT2D eigenvalue weighted by atomic mass is 9.78. The Kier molecular flexibility index (Phi) is 7.87. The van der Waals surface area contributed by atoms with Crippen LogP contribution in [0.5, 0.6) is 5.75 Å². The first-order valence-electron chi connectivity index (χ1n) is 9.55. The number of aromatic hydroxyl groups is 1. The van der Waals surface area contributed by atoms with Crippen LogP contribution in [-0.2, 0) is 26.8 Å². The summed E-state index contributed by atoms with van der Waals surface area (Å²) in [6.07, 6.45) is -0.521. The molecule has 0 unspecified atom stereocenters. The minimum atomic E-state index is -0.914. The molecule has 154 valence electrons. The highest BCUT2D eigenvalue weighted by molar-refractivity contribution is 5.69. The van der Waals surface area contributed by atoms with Crippen LogP contribution in [0.25, 0.3) is 0 Å². The van der Waals surface area contributed by atoms with Gasteiger partial charge < -0.3 is 20.1 Å². The standard InChI is InChI=1S/C22H36O5/c1-21(2,3)17-10-14(11-18(20(17)26)22(4,5)6)8-9-15(23)12-16(24)13-19(25)27-7/h10-11,15-16,23-24,26H,8-9,12-13H2,1-7H3/t15-,16-/m1/s1. The molecule has 0 aliphatic heterocycles. The zero-order valence-electron chi connectivity index (χ0n) is 17.8. The van der Waals surface area contributed by atoms with Crippen molar-refractivity contribution in [2.24, 2.45) is 0 Å². The van der Waals surface area contributed by atoms with E-state index < -0.39 is 18.2 Å². The molecule has 1 aromatic carbocycles. The second-order valence-electron chi connectivity index (χ2n) is 9.40. The highest BCUT2D eigenvalue weighted by atomic mass is 16.5. The smallest absolute Gasteiger partial charge is 0.308 e. The van der Waals surface area contributed by atoms with E-state index in [-0.39, 0.29) is 23.7 Å². The molecule has 5 nitrogen and oxygen atoms in total. The van der Waals surface area contributed by atoms with E-state index in [0.29, 0.717) is 18.6 Å².